The van der Waals surface area contributed by atoms with Crippen molar-refractivity contribution in [1.29, 1.82) is 0 Å². The Labute approximate surface area is 95.2 Å². The first-order valence-electron chi connectivity index (χ1n) is 4.22. The van der Waals surface area contributed by atoms with Crippen LogP contribution in [0.1, 0.15) is 6.92 Å². The zero-order chi connectivity index (χ0) is 14.8. The van der Waals surface area contributed by atoms with Crippen LogP contribution in [0, 0.1) is 5.41 Å². The van der Waals surface area contributed by atoms with Gasteiger partial charge in [-0.05, 0) is 6.92 Å². The molecule has 1 nitrogen and oxygen atoms in total. The molecule has 2 atom stereocenters. The zero-order valence-corrected chi connectivity index (χ0v) is 8.67. The van der Waals surface area contributed by atoms with Crippen LogP contribution in [0.5, 0.6) is 0 Å². The maximum atomic E-state index is 12.4. The van der Waals surface area contributed by atoms with Gasteiger partial charge in [-0.1, -0.05) is 0 Å². The molecule has 1 aliphatic heterocycles. The van der Waals surface area contributed by atoms with Crippen molar-refractivity contribution in [3.8, 4) is 0 Å². The second-order valence-corrected chi connectivity index (χ2v) is 3.51. The molecule has 10 heteroatoms. The lowest BCUT2D eigenvalue weighted by molar-refractivity contribution is -0.483. The Morgan fingerprint density at radius 1 is 1.28 bits per heavy atom. The monoisotopic (exact) mass is 290 g/mol. The molecular formula is C8H7F9O. The minimum atomic E-state index is -4.96. The van der Waals surface area contributed by atoms with Crippen LogP contribution >= 0.6 is 0 Å². The second-order valence-electron chi connectivity index (χ2n) is 3.51. The van der Waals surface area contributed by atoms with Crippen molar-refractivity contribution >= 4 is 0 Å². The molecular weight excluding hydrogens is 283 g/mol. The third kappa shape index (κ3) is 3.30. The van der Waals surface area contributed by atoms with Gasteiger partial charge in [-0.3, -0.25) is 4.39 Å². The predicted octanol–water partition coefficient (Wildman–Crippen LogP) is 4.21. The molecule has 1 saturated heterocycles. The molecule has 18 heavy (non-hydrogen) atoms. The van der Waals surface area contributed by atoms with Gasteiger partial charge in [0.25, 0.3) is 6.08 Å². The zero-order valence-electron chi connectivity index (χ0n) is 8.67. The second kappa shape index (κ2) is 5.37. The average Bonchev–Trinajstić information content (AvgIpc) is 2.24. The van der Waals surface area contributed by atoms with Crippen LogP contribution < -0.4 is 0 Å². The van der Waals surface area contributed by atoms with Crippen molar-refractivity contribution in [2.45, 2.75) is 25.3 Å². The SMILES string of the molecule is CC1(CF)C(C(F)(F)F)OC1(F)F.FC=C(F)F. The number of hydrogen-bond donors (Lipinski definition) is 0. The lowest BCUT2D eigenvalue weighted by atomic mass is 9.78. The van der Waals surface area contributed by atoms with Crippen molar-refractivity contribution < 1.29 is 44.3 Å². The molecule has 108 valence electrons. The fourth-order valence-corrected chi connectivity index (χ4v) is 1.08. The predicted molar refractivity (Wildman–Crippen MR) is 41.4 cm³/mol. The van der Waals surface area contributed by atoms with Gasteiger partial charge in [-0.25, -0.2) is 4.39 Å². The number of halogens is 9. The summed E-state index contributed by atoms with van der Waals surface area (Å²) in [5.74, 6) is 0. The van der Waals surface area contributed by atoms with Crippen molar-refractivity contribution in [2.75, 3.05) is 6.67 Å². The molecule has 0 N–H and O–H groups in total. The van der Waals surface area contributed by atoms with Gasteiger partial charge in [0.2, 0.25) is 0 Å². The average molecular weight is 290 g/mol. The normalized spacial score (nSPS) is 29.8. The largest absolute Gasteiger partial charge is 0.415 e. The molecule has 0 saturated carbocycles. The van der Waals surface area contributed by atoms with E-state index in [9.17, 15) is 39.5 Å². The number of alkyl halides is 6. The van der Waals surface area contributed by atoms with E-state index in [4.69, 9.17) is 0 Å². The number of hydrogen-bond acceptors (Lipinski definition) is 1. The van der Waals surface area contributed by atoms with Gasteiger partial charge in [0.1, 0.15) is 12.1 Å². The third-order valence-corrected chi connectivity index (χ3v) is 2.17. The maximum absolute atomic E-state index is 12.4. The van der Waals surface area contributed by atoms with E-state index < -0.39 is 42.9 Å². The van der Waals surface area contributed by atoms with E-state index in [-0.39, 0.29) is 0 Å². The smallest absolute Gasteiger partial charge is 0.306 e. The summed E-state index contributed by atoms with van der Waals surface area (Å²) in [6, 6.07) is 0. The molecule has 0 spiro atoms. The molecule has 2 unspecified atom stereocenters. The Bertz CT molecular complexity index is 306. The maximum Gasteiger partial charge on any atom is 0.415 e. The minimum Gasteiger partial charge on any atom is -0.306 e. The molecule has 0 bridgehead atoms. The van der Waals surface area contributed by atoms with Crippen molar-refractivity contribution in [3.63, 3.8) is 0 Å². The van der Waals surface area contributed by atoms with E-state index in [1.54, 1.807) is 0 Å². The molecule has 0 aliphatic carbocycles. The van der Waals surface area contributed by atoms with E-state index in [2.05, 4.69) is 4.74 Å². The molecule has 1 fully saturated rings. The summed E-state index contributed by atoms with van der Waals surface area (Å²) in [5.41, 5.74) is -2.79. The Kier molecular flexibility index (Phi) is 5.09. The summed E-state index contributed by atoms with van der Waals surface area (Å²) in [6.45, 7) is -1.27. The van der Waals surface area contributed by atoms with Crippen molar-refractivity contribution in [3.05, 3.63) is 12.4 Å². The molecule has 1 heterocycles. The van der Waals surface area contributed by atoms with E-state index in [1.165, 1.54) is 0 Å². The van der Waals surface area contributed by atoms with Crippen LogP contribution in [0.2, 0.25) is 0 Å². The van der Waals surface area contributed by atoms with E-state index in [0.717, 1.165) is 0 Å². The minimum absolute atomic E-state index is 0.509. The molecule has 0 aromatic heterocycles. The van der Waals surface area contributed by atoms with Gasteiger partial charge in [0, 0.05) is 0 Å². The quantitative estimate of drug-likeness (QED) is 0.657. The summed E-state index contributed by atoms with van der Waals surface area (Å²) in [5, 5.41) is 0. The summed E-state index contributed by atoms with van der Waals surface area (Å²) < 4.78 is 107. The van der Waals surface area contributed by atoms with Gasteiger partial charge < -0.3 is 4.74 Å². The molecule has 1 aliphatic rings. The van der Waals surface area contributed by atoms with Gasteiger partial charge in [0.15, 0.2) is 12.4 Å². The van der Waals surface area contributed by atoms with Crippen LogP contribution in [0.15, 0.2) is 12.4 Å². The van der Waals surface area contributed by atoms with Gasteiger partial charge in [0.05, 0.1) is 0 Å². The van der Waals surface area contributed by atoms with Gasteiger partial charge >= 0.3 is 12.3 Å². The number of ether oxygens (including phenoxy) is 1. The summed E-state index contributed by atoms with van der Waals surface area (Å²) in [6.07, 6.45) is -14.8. The first kappa shape index (κ1) is 17.1. The highest BCUT2D eigenvalue weighted by Crippen LogP contribution is 2.57. The van der Waals surface area contributed by atoms with Gasteiger partial charge in [-0.15, -0.1) is 0 Å². The third-order valence-electron chi connectivity index (χ3n) is 2.17. The van der Waals surface area contributed by atoms with Crippen LogP contribution in [0.4, 0.5) is 39.5 Å². The molecule has 0 amide bonds. The first-order chi connectivity index (χ1) is 7.92. The van der Waals surface area contributed by atoms with Crippen LogP contribution in [-0.2, 0) is 4.74 Å². The van der Waals surface area contributed by atoms with Crippen molar-refractivity contribution in [1.82, 2.24) is 0 Å². The fourth-order valence-electron chi connectivity index (χ4n) is 1.08. The van der Waals surface area contributed by atoms with Crippen molar-refractivity contribution in [2.24, 2.45) is 5.41 Å². The van der Waals surface area contributed by atoms with E-state index in [0.29, 0.717) is 6.92 Å². The first-order valence-corrected chi connectivity index (χ1v) is 4.22. The fraction of sp³-hybridized carbons (Fsp3) is 0.750. The van der Waals surface area contributed by atoms with Crippen LogP contribution in [0.3, 0.4) is 0 Å². The molecule has 0 aromatic carbocycles. The lowest BCUT2D eigenvalue weighted by Crippen LogP contribution is -2.69. The Morgan fingerprint density at radius 2 is 1.67 bits per heavy atom. The standard InChI is InChI=1S/C6H6F6O.C2HF3/c1-4(2-7)3(5(8,9)10)13-6(4,11)12;3-1-2(4)5/h3H,2H2,1H3;1H. The Hall–Kier alpha value is -0.930. The molecule has 0 radical (unpaired) electrons. The Morgan fingerprint density at radius 3 is 1.78 bits per heavy atom. The summed E-state index contributed by atoms with van der Waals surface area (Å²) in [7, 11) is 0. The summed E-state index contributed by atoms with van der Waals surface area (Å²) in [4.78, 5) is 0. The topological polar surface area (TPSA) is 9.23 Å². The highest BCUT2D eigenvalue weighted by Gasteiger charge is 2.75. The number of rotatable bonds is 1. The highest BCUT2D eigenvalue weighted by molar-refractivity contribution is 5.02. The Balaban J connectivity index is 0.000000494. The van der Waals surface area contributed by atoms with E-state index >= 15 is 0 Å². The lowest BCUT2D eigenvalue weighted by Gasteiger charge is -2.51. The molecule has 0 aromatic rings. The highest BCUT2D eigenvalue weighted by atomic mass is 19.4. The van der Waals surface area contributed by atoms with Crippen LogP contribution in [0.25, 0.3) is 0 Å². The van der Waals surface area contributed by atoms with E-state index in [1.807, 2.05) is 0 Å². The summed E-state index contributed by atoms with van der Waals surface area (Å²) >= 11 is 0. The molecule has 1 rings (SSSR count). The van der Waals surface area contributed by atoms with Crippen LogP contribution in [-0.4, -0.2) is 25.1 Å². The van der Waals surface area contributed by atoms with Gasteiger partial charge in [-0.2, -0.15) is 30.7 Å².